The van der Waals surface area contributed by atoms with Crippen LogP contribution < -0.4 is 4.74 Å². The minimum Gasteiger partial charge on any atom is -0.497 e. The Morgan fingerprint density at radius 1 is 1.12 bits per heavy atom. The first-order chi connectivity index (χ1) is 12.0. The van der Waals surface area contributed by atoms with Gasteiger partial charge in [0.15, 0.2) is 8.32 Å². The van der Waals surface area contributed by atoms with Crippen LogP contribution >= 0.6 is 0 Å². The average molecular weight is 379 g/mol. The molecule has 0 radical (unpaired) electrons. The van der Waals surface area contributed by atoms with E-state index in [1.54, 1.807) is 7.11 Å². The topological polar surface area (TPSA) is 27.7 Å². The Balaban J connectivity index is 2.68. The van der Waals surface area contributed by atoms with Crippen LogP contribution in [0.5, 0.6) is 5.75 Å². The first-order valence-corrected chi connectivity index (χ1v) is 12.4. The summed E-state index contributed by atoms with van der Waals surface area (Å²) in [6.07, 6.45) is 2.13. The maximum atomic E-state index is 6.72. The fourth-order valence-corrected chi connectivity index (χ4v) is 4.05. The van der Waals surface area contributed by atoms with E-state index < -0.39 is 8.32 Å². The van der Waals surface area contributed by atoms with Gasteiger partial charge in [-0.1, -0.05) is 52.8 Å². The van der Waals surface area contributed by atoms with Gasteiger partial charge in [0.25, 0.3) is 0 Å². The summed E-state index contributed by atoms with van der Waals surface area (Å²) in [6, 6.07) is 8.01. The van der Waals surface area contributed by atoms with E-state index in [1.807, 2.05) is 30.3 Å². The number of methoxy groups -OCH3 is 1. The highest BCUT2D eigenvalue weighted by molar-refractivity contribution is 6.74. The predicted molar refractivity (Wildman–Crippen MR) is 113 cm³/mol. The van der Waals surface area contributed by atoms with Crippen molar-refractivity contribution in [2.75, 3.05) is 13.7 Å². The van der Waals surface area contributed by atoms with E-state index in [0.29, 0.717) is 25.0 Å². The molecule has 1 rings (SSSR count). The van der Waals surface area contributed by atoms with Crippen LogP contribution in [0, 0.1) is 11.8 Å². The zero-order valence-electron chi connectivity index (χ0n) is 18.0. The second-order valence-corrected chi connectivity index (χ2v) is 13.5. The molecule has 0 fully saturated rings. The van der Waals surface area contributed by atoms with Gasteiger partial charge in [0, 0.05) is 5.92 Å². The van der Waals surface area contributed by atoms with Gasteiger partial charge in [0.1, 0.15) is 5.75 Å². The quantitative estimate of drug-likeness (QED) is 0.366. The summed E-state index contributed by atoms with van der Waals surface area (Å²) in [6.45, 7) is 21.1. The van der Waals surface area contributed by atoms with Crippen molar-refractivity contribution in [2.45, 2.75) is 65.5 Å². The first kappa shape index (κ1) is 22.9. The number of benzene rings is 1. The Kier molecular flexibility index (Phi) is 8.58. The van der Waals surface area contributed by atoms with E-state index >= 15 is 0 Å². The Morgan fingerprint density at radius 3 is 2.15 bits per heavy atom. The smallest absolute Gasteiger partial charge is 0.192 e. The molecule has 1 aromatic rings. The lowest BCUT2D eigenvalue weighted by Gasteiger charge is -2.42. The standard InChI is InChI=1S/C22H38O3Si/c1-10-17(2)21(25-26(8,9)22(4,5)6)18(3)15-24-16-19-11-13-20(23-7)14-12-19/h10-14,17-18,21H,1,15-16H2,2-9H3/t17-,18-,21+/m0/s1. The van der Waals surface area contributed by atoms with Gasteiger partial charge < -0.3 is 13.9 Å². The Morgan fingerprint density at radius 2 is 1.69 bits per heavy atom. The van der Waals surface area contributed by atoms with Crippen LogP contribution in [0.2, 0.25) is 18.1 Å². The molecule has 0 aliphatic rings. The predicted octanol–water partition coefficient (Wildman–Crippen LogP) is 6.06. The van der Waals surface area contributed by atoms with Crippen molar-refractivity contribution >= 4 is 8.32 Å². The molecule has 0 spiro atoms. The van der Waals surface area contributed by atoms with Gasteiger partial charge in [-0.2, -0.15) is 0 Å². The fraction of sp³-hybridized carbons (Fsp3) is 0.636. The second-order valence-electron chi connectivity index (χ2n) is 8.78. The fourth-order valence-electron chi connectivity index (χ4n) is 2.57. The van der Waals surface area contributed by atoms with Crippen LogP contribution in [-0.4, -0.2) is 28.1 Å². The molecule has 148 valence electrons. The highest BCUT2D eigenvalue weighted by Gasteiger charge is 2.41. The molecule has 0 unspecified atom stereocenters. The molecular weight excluding hydrogens is 340 g/mol. The SMILES string of the molecule is C=C[C@H](C)[C@@H](O[Si](C)(C)C(C)(C)C)[C@@H](C)COCc1ccc(OC)cc1. The van der Waals surface area contributed by atoms with Crippen molar-refractivity contribution < 1.29 is 13.9 Å². The number of hydrogen-bond donors (Lipinski definition) is 0. The van der Waals surface area contributed by atoms with Crippen molar-refractivity contribution in [2.24, 2.45) is 11.8 Å². The van der Waals surface area contributed by atoms with Crippen LogP contribution in [0.1, 0.15) is 40.2 Å². The summed E-state index contributed by atoms with van der Waals surface area (Å²) >= 11 is 0. The molecule has 0 N–H and O–H groups in total. The summed E-state index contributed by atoms with van der Waals surface area (Å²) < 4.78 is 17.9. The van der Waals surface area contributed by atoms with Gasteiger partial charge >= 0.3 is 0 Å². The summed E-state index contributed by atoms with van der Waals surface area (Å²) in [5.41, 5.74) is 1.15. The van der Waals surface area contributed by atoms with Crippen molar-refractivity contribution in [1.82, 2.24) is 0 Å². The highest BCUT2D eigenvalue weighted by Crippen LogP contribution is 2.39. The minimum absolute atomic E-state index is 0.129. The van der Waals surface area contributed by atoms with Crippen molar-refractivity contribution in [3.8, 4) is 5.75 Å². The largest absolute Gasteiger partial charge is 0.497 e. The van der Waals surface area contributed by atoms with Crippen LogP contribution in [0.25, 0.3) is 0 Å². The second kappa shape index (κ2) is 9.72. The number of ether oxygens (including phenoxy) is 2. The first-order valence-electron chi connectivity index (χ1n) is 9.53. The van der Waals surface area contributed by atoms with E-state index in [0.717, 1.165) is 11.3 Å². The Hall–Kier alpha value is -1.10. The summed E-state index contributed by atoms with van der Waals surface area (Å²) in [4.78, 5) is 0. The van der Waals surface area contributed by atoms with Crippen LogP contribution in [-0.2, 0) is 15.8 Å². The molecule has 1 aromatic carbocycles. The van der Waals surface area contributed by atoms with E-state index in [1.165, 1.54) is 0 Å². The van der Waals surface area contributed by atoms with Crippen LogP contribution in [0.3, 0.4) is 0 Å². The monoisotopic (exact) mass is 378 g/mol. The average Bonchev–Trinajstić information content (AvgIpc) is 2.58. The molecule has 0 aliphatic carbocycles. The summed E-state index contributed by atoms with van der Waals surface area (Å²) in [5.74, 6) is 1.46. The lowest BCUT2D eigenvalue weighted by atomic mass is 9.94. The molecule has 0 amide bonds. The van der Waals surface area contributed by atoms with E-state index in [4.69, 9.17) is 13.9 Å². The molecule has 3 nitrogen and oxygen atoms in total. The summed E-state index contributed by atoms with van der Waals surface area (Å²) in [5, 5.41) is 0.190. The number of rotatable bonds is 10. The van der Waals surface area contributed by atoms with Crippen molar-refractivity contribution in [1.29, 1.82) is 0 Å². The normalized spacial score (nSPS) is 16.0. The van der Waals surface area contributed by atoms with Gasteiger partial charge in [0.05, 0.1) is 26.4 Å². The third-order valence-corrected chi connectivity index (χ3v) is 9.97. The van der Waals surface area contributed by atoms with E-state index in [9.17, 15) is 0 Å². The molecule has 0 aromatic heterocycles. The van der Waals surface area contributed by atoms with Crippen LogP contribution in [0.4, 0.5) is 0 Å². The van der Waals surface area contributed by atoms with Gasteiger partial charge in [-0.3, -0.25) is 0 Å². The van der Waals surface area contributed by atoms with Crippen LogP contribution in [0.15, 0.2) is 36.9 Å². The molecule has 0 aliphatic heterocycles. The Labute approximate surface area is 161 Å². The van der Waals surface area contributed by atoms with Crippen molar-refractivity contribution in [3.63, 3.8) is 0 Å². The van der Waals surface area contributed by atoms with Gasteiger partial charge in [0.2, 0.25) is 0 Å². The zero-order valence-corrected chi connectivity index (χ0v) is 19.0. The molecule has 26 heavy (non-hydrogen) atoms. The molecule has 0 heterocycles. The zero-order chi connectivity index (χ0) is 20.0. The maximum Gasteiger partial charge on any atom is 0.192 e. The summed E-state index contributed by atoms with van der Waals surface area (Å²) in [7, 11) is -0.164. The van der Waals surface area contributed by atoms with Crippen molar-refractivity contribution in [3.05, 3.63) is 42.5 Å². The molecule has 0 bridgehead atoms. The van der Waals surface area contributed by atoms with Gasteiger partial charge in [-0.05, 0) is 41.7 Å². The van der Waals surface area contributed by atoms with Gasteiger partial charge in [-0.15, -0.1) is 6.58 Å². The molecular formula is C22H38O3Si. The highest BCUT2D eigenvalue weighted by atomic mass is 28.4. The molecule has 3 atom stereocenters. The molecule has 4 heteroatoms. The lowest BCUT2D eigenvalue weighted by Crippen LogP contribution is -2.47. The third-order valence-electron chi connectivity index (χ3n) is 5.50. The van der Waals surface area contributed by atoms with Gasteiger partial charge in [-0.25, -0.2) is 0 Å². The molecule has 0 saturated heterocycles. The lowest BCUT2D eigenvalue weighted by molar-refractivity contribution is 0.0195. The molecule has 0 saturated carbocycles. The number of hydrogen-bond acceptors (Lipinski definition) is 3. The van der Waals surface area contributed by atoms with E-state index in [-0.39, 0.29) is 11.1 Å². The minimum atomic E-state index is -1.84. The maximum absolute atomic E-state index is 6.72. The van der Waals surface area contributed by atoms with E-state index in [2.05, 4.69) is 54.3 Å². The Bertz CT molecular complexity index is 546. The third kappa shape index (κ3) is 6.56.